The summed E-state index contributed by atoms with van der Waals surface area (Å²) in [5.74, 6) is 1.34. The molecule has 2 N–H and O–H groups in total. The number of benzene rings is 1. The van der Waals surface area contributed by atoms with E-state index in [2.05, 4.69) is 13.8 Å². The molecule has 2 nitrogen and oxygen atoms in total. The van der Waals surface area contributed by atoms with Gasteiger partial charge in [-0.05, 0) is 23.6 Å². The van der Waals surface area contributed by atoms with E-state index in [0.29, 0.717) is 5.92 Å². The highest BCUT2D eigenvalue weighted by molar-refractivity contribution is 5.29. The van der Waals surface area contributed by atoms with Crippen LogP contribution in [-0.4, -0.2) is 7.11 Å². The lowest BCUT2D eigenvalue weighted by atomic mass is 9.97. The minimum atomic E-state index is 0.117. The lowest BCUT2D eigenvalue weighted by Gasteiger charge is -2.15. The van der Waals surface area contributed by atoms with Crippen molar-refractivity contribution in [2.45, 2.75) is 19.9 Å². The molecule has 0 amide bonds. The minimum absolute atomic E-state index is 0.117. The third kappa shape index (κ3) is 2.46. The Morgan fingerprint density at radius 3 is 2.08 bits per heavy atom. The first-order valence-electron chi connectivity index (χ1n) is 4.54. The molecule has 0 bridgehead atoms. The van der Waals surface area contributed by atoms with Crippen molar-refractivity contribution in [3.05, 3.63) is 29.8 Å². The summed E-state index contributed by atoms with van der Waals surface area (Å²) >= 11 is 0. The predicted molar refractivity (Wildman–Crippen MR) is 54.8 cm³/mol. The Morgan fingerprint density at radius 1 is 1.15 bits per heavy atom. The molecule has 0 aliphatic heterocycles. The van der Waals surface area contributed by atoms with Gasteiger partial charge in [-0.25, -0.2) is 0 Å². The number of methoxy groups -OCH3 is 1. The fourth-order valence-electron chi connectivity index (χ4n) is 1.21. The summed E-state index contributed by atoms with van der Waals surface area (Å²) in [6, 6.07) is 8.04. The van der Waals surface area contributed by atoms with Gasteiger partial charge in [0, 0.05) is 6.04 Å². The van der Waals surface area contributed by atoms with Crippen molar-refractivity contribution in [1.29, 1.82) is 0 Å². The van der Waals surface area contributed by atoms with E-state index in [1.807, 2.05) is 24.3 Å². The Labute approximate surface area is 79.7 Å². The van der Waals surface area contributed by atoms with Crippen LogP contribution in [0.2, 0.25) is 0 Å². The monoisotopic (exact) mass is 179 g/mol. The number of hydrogen-bond donors (Lipinski definition) is 1. The summed E-state index contributed by atoms with van der Waals surface area (Å²) in [5.41, 5.74) is 7.15. The van der Waals surface area contributed by atoms with E-state index in [9.17, 15) is 0 Å². The molecule has 0 radical (unpaired) electrons. The predicted octanol–water partition coefficient (Wildman–Crippen LogP) is 2.35. The molecule has 1 atom stereocenters. The summed E-state index contributed by atoms with van der Waals surface area (Å²) < 4.78 is 5.07. The molecule has 1 aromatic rings. The van der Waals surface area contributed by atoms with Crippen LogP contribution in [0.25, 0.3) is 0 Å². The van der Waals surface area contributed by atoms with Crippen LogP contribution in [0.1, 0.15) is 25.5 Å². The average molecular weight is 179 g/mol. The van der Waals surface area contributed by atoms with Crippen LogP contribution in [-0.2, 0) is 0 Å². The fourth-order valence-corrected chi connectivity index (χ4v) is 1.21. The van der Waals surface area contributed by atoms with E-state index in [4.69, 9.17) is 10.5 Å². The minimum Gasteiger partial charge on any atom is -0.497 e. The molecule has 1 unspecified atom stereocenters. The van der Waals surface area contributed by atoms with Crippen molar-refractivity contribution in [1.82, 2.24) is 0 Å². The summed E-state index contributed by atoms with van der Waals surface area (Å²) in [7, 11) is 1.66. The number of hydrogen-bond acceptors (Lipinski definition) is 2. The van der Waals surface area contributed by atoms with Gasteiger partial charge in [-0.3, -0.25) is 0 Å². The van der Waals surface area contributed by atoms with Gasteiger partial charge in [-0.2, -0.15) is 0 Å². The Bertz CT molecular complexity index is 253. The highest BCUT2D eigenvalue weighted by atomic mass is 16.5. The van der Waals surface area contributed by atoms with Gasteiger partial charge in [-0.15, -0.1) is 0 Å². The van der Waals surface area contributed by atoms with Gasteiger partial charge in [0.1, 0.15) is 5.75 Å². The average Bonchev–Trinajstić information content (AvgIpc) is 2.17. The normalized spacial score (nSPS) is 13.0. The van der Waals surface area contributed by atoms with E-state index >= 15 is 0 Å². The second-order valence-electron chi connectivity index (χ2n) is 3.54. The van der Waals surface area contributed by atoms with Crippen molar-refractivity contribution in [2.75, 3.05) is 7.11 Å². The Kier molecular flexibility index (Phi) is 3.32. The van der Waals surface area contributed by atoms with Gasteiger partial charge in [-0.1, -0.05) is 26.0 Å². The maximum atomic E-state index is 5.99. The maximum absolute atomic E-state index is 5.99. The van der Waals surface area contributed by atoms with Crippen LogP contribution >= 0.6 is 0 Å². The van der Waals surface area contributed by atoms with Crippen LogP contribution < -0.4 is 10.5 Å². The Balaban J connectivity index is 2.79. The first-order chi connectivity index (χ1) is 6.15. The molecule has 2 heteroatoms. The van der Waals surface area contributed by atoms with Crippen molar-refractivity contribution >= 4 is 0 Å². The largest absolute Gasteiger partial charge is 0.497 e. The molecule has 0 saturated heterocycles. The van der Waals surface area contributed by atoms with Gasteiger partial charge in [0.05, 0.1) is 7.11 Å². The van der Waals surface area contributed by atoms with Crippen LogP contribution in [0.15, 0.2) is 24.3 Å². The molecule has 0 heterocycles. The number of ether oxygens (including phenoxy) is 1. The smallest absolute Gasteiger partial charge is 0.118 e. The van der Waals surface area contributed by atoms with Gasteiger partial charge in [0.15, 0.2) is 0 Å². The zero-order valence-electron chi connectivity index (χ0n) is 8.45. The second kappa shape index (κ2) is 4.28. The van der Waals surface area contributed by atoms with Crippen molar-refractivity contribution in [3.63, 3.8) is 0 Å². The Hall–Kier alpha value is -1.02. The molecule has 1 aromatic carbocycles. The third-order valence-corrected chi connectivity index (χ3v) is 2.22. The molecule has 0 aliphatic rings. The quantitative estimate of drug-likeness (QED) is 0.773. The van der Waals surface area contributed by atoms with E-state index in [1.54, 1.807) is 7.11 Å². The number of nitrogens with two attached hydrogens (primary N) is 1. The first kappa shape index (κ1) is 10.1. The highest BCUT2D eigenvalue weighted by Gasteiger charge is 2.09. The molecule has 0 fully saturated rings. The van der Waals surface area contributed by atoms with Gasteiger partial charge in [0.2, 0.25) is 0 Å². The van der Waals surface area contributed by atoms with Gasteiger partial charge in [0.25, 0.3) is 0 Å². The molecule has 0 aromatic heterocycles. The molecule has 72 valence electrons. The molecule has 13 heavy (non-hydrogen) atoms. The molecule has 0 saturated carbocycles. The standard InChI is InChI=1S/C11H17NO/c1-8(2)11(12)9-4-6-10(13-3)7-5-9/h4-8,11H,12H2,1-3H3. The zero-order valence-corrected chi connectivity index (χ0v) is 8.45. The van der Waals surface area contributed by atoms with Gasteiger partial charge < -0.3 is 10.5 Å². The van der Waals surface area contributed by atoms with E-state index in [1.165, 1.54) is 0 Å². The molecule has 0 aliphatic carbocycles. The van der Waals surface area contributed by atoms with Crippen LogP contribution in [0, 0.1) is 5.92 Å². The highest BCUT2D eigenvalue weighted by Crippen LogP contribution is 2.21. The van der Waals surface area contributed by atoms with Crippen molar-refractivity contribution in [2.24, 2.45) is 11.7 Å². The van der Waals surface area contributed by atoms with Crippen molar-refractivity contribution in [3.8, 4) is 5.75 Å². The SMILES string of the molecule is COc1ccc(C(N)C(C)C)cc1. The van der Waals surface area contributed by atoms with Crippen molar-refractivity contribution < 1.29 is 4.74 Å². The first-order valence-corrected chi connectivity index (χ1v) is 4.54. The summed E-state index contributed by atoms with van der Waals surface area (Å²) in [6.45, 7) is 4.24. The van der Waals surface area contributed by atoms with Crippen LogP contribution in [0.4, 0.5) is 0 Å². The lowest BCUT2D eigenvalue weighted by molar-refractivity contribution is 0.414. The van der Waals surface area contributed by atoms with Crippen LogP contribution in [0.3, 0.4) is 0 Å². The lowest BCUT2D eigenvalue weighted by Crippen LogP contribution is -2.16. The summed E-state index contributed by atoms with van der Waals surface area (Å²) in [4.78, 5) is 0. The second-order valence-corrected chi connectivity index (χ2v) is 3.54. The Morgan fingerprint density at radius 2 is 1.69 bits per heavy atom. The van der Waals surface area contributed by atoms with Gasteiger partial charge >= 0.3 is 0 Å². The fraction of sp³-hybridized carbons (Fsp3) is 0.455. The molecule has 1 rings (SSSR count). The topological polar surface area (TPSA) is 35.2 Å². The van der Waals surface area contributed by atoms with E-state index < -0.39 is 0 Å². The summed E-state index contributed by atoms with van der Waals surface area (Å²) in [6.07, 6.45) is 0. The molecular weight excluding hydrogens is 162 g/mol. The molecular formula is C11H17NO. The maximum Gasteiger partial charge on any atom is 0.118 e. The zero-order chi connectivity index (χ0) is 9.84. The molecule has 0 spiro atoms. The third-order valence-electron chi connectivity index (χ3n) is 2.22. The van der Waals surface area contributed by atoms with Crippen LogP contribution in [0.5, 0.6) is 5.75 Å². The summed E-state index contributed by atoms with van der Waals surface area (Å²) in [5, 5.41) is 0. The van der Waals surface area contributed by atoms with E-state index in [0.717, 1.165) is 11.3 Å². The number of rotatable bonds is 3. The van der Waals surface area contributed by atoms with E-state index in [-0.39, 0.29) is 6.04 Å².